The Labute approximate surface area is 174 Å². The van der Waals surface area contributed by atoms with E-state index in [0.29, 0.717) is 26.8 Å². The smallest absolute Gasteiger partial charge is 0.257 e. The molecular weight excluding hydrogens is 400 g/mol. The zero-order chi connectivity index (χ0) is 20.7. The number of aromatic amines is 1. The molecule has 5 rings (SSSR count). The summed E-state index contributed by atoms with van der Waals surface area (Å²) in [5.41, 5.74) is 8.20. The van der Waals surface area contributed by atoms with Crippen molar-refractivity contribution in [2.45, 2.75) is 5.92 Å². The van der Waals surface area contributed by atoms with Gasteiger partial charge in [0.1, 0.15) is 16.3 Å². The molecule has 4 N–H and O–H groups in total. The highest BCUT2D eigenvalue weighted by Gasteiger charge is 2.35. The van der Waals surface area contributed by atoms with Crippen LogP contribution in [0.1, 0.15) is 17.0 Å². The van der Waals surface area contributed by atoms with Crippen LogP contribution in [0.3, 0.4) is 0 Å². The maximum absolute atomic E-state index is 13.0. The first-order valence-corrected chi connectivity index (χ1v) is 9.83. The molecule has 1 atom stereocenters. The summed E-state index contributed by atoms with van der Waals surface area (Å²) < 4.78 is 6.43. The molecule has 0 radical (unpaired) electrons. The summed E-state index contributed by atoms with van der Waals surface area (Å²) in [6.07, 6.45) is 3.22. The standard InChI is InChI=1S/C21H14N6O2S/c22-10-13-14(11-6-8-24-9-7-11)15-16(29-18(13)23)17-19(26-20(15)28)27-21(30-17)25-12-4-2-1-3-5-12/h1-9,14H,23H2,(H2,25,26,27,28). The Balaban J connectivity index is 1.70. The first kappa shape index (κ1) is 17.9. The number of nitrogens with two attached hydrogens (primary N) is 1. The van der Waals surface area contributed by atoms with Gasteiger partial charge in [-0.05, 0) is 29.8 Å². The van der Waals surface area contributed by atoms with Crippen LogP contribution >= 0.6 is 11.3 Å². The Kier molecular flexibility index (Phi) is 4.19. The molecule has 3 aromatic heterocycles. The maximum Gasteiger partial charge on any atom is 0.257 e. The van der Waals surface area contributed by atoms with E-state index < -0.39 is 5.92 Å². The average molecular weight is 414 g/mol. The lowest BCUT2D eigenvalue weighted by molar-refractivity contribution is 0.397. The van der Waals surface area contributed by atoms with Crippen molar-refractivity contribution in [3.8, 4) is 11.8 Å². The van der Waals surface area contributed by atoms with Gasteiger partial charge in [-0.15, -0.1) is 0 Å². The molecule has 0 fully saturated rings. The second-order valence-corrected chi connectivity index (χ2v) is 7.59. The van der Waals surface area contributed by atoms with Crippen molar-refractivity contribution >= 4 is 32.5 Å². The predicted octanol–water partition coefficient (Wildman–Crippen LogP) is 3.34. The Morgan fingerprint density at radius 1 is 1.20 bits per heavy atom. The van der Waals surface area contributed by atoms with Gasteiger partial charge in [0, 0.05) is 18.1 Å². The maximum atomic E-state index is 13.0. The number of H-pyrrole nitrogens is 1. The number of rotatable bonds is 3. The lowest BCUT2D eigenvalue weighted by atomic mass is 9.85. The third-order valence-electron chi connectivity index (χ3n) is 4.79. The minimum atomic E-state index is -0.650. The Hall–Kier alpha value is -4.16. The van der Waals surface area contributed by atoms with E-state index >= 15 is 0 Å². The Morgan fingerprint density at radius 2 is 1.97 bits per heavy atom. The van der Waals surface area contributed by atoms with Crippen LogP contribution in [0.25, 0.3) is 10.3 Å². The highest BCUT2D eigenvalue weighted by Crippen LogP contribution is 2.45. The minimum absolute atomic E-state index is 0.0234. The van der Waals surface area contributed by atoms with E-state index in [2.05, 4.69) is 26.3 Å². The number of pyridine rings is 2. The zero-order valence-electron chi connectivity index (χ0n) is 15.4. The van der Waals surface area contributed by atoms with Gasteiger partial charge >= 0.3 is 0 Å². The minimum Gasteiger partial charge on any atom is -0.438 e. The number of thiazole rings is 1. The largest absolute Gasteiger partial charge is 0.438 e. The van der Waals surface area contributed by atoms with Gasteiger partial charge in [-0.25, -0.2) is 4.98 Å². The van der Waals surface area contributed by atoms with Gasteiger partial charge in [0.15, 0.2) is 16.5 Å². The molecule has 4 aromatic rings. The van der Waals surface area contributed by atoms with Gasteiger partial charge in [0.2, 0.25) is 5.88 Å². The highest BCUT2D eigenvalue weighted by molar-refractivity contribution is 7.22. The van der Waals surface area contributed by atoms with Crippen LogP contribution in [-0.2, 0) is 0 Å². The SMILES string of the molecule is N#CC1=C(N)Oc2c(c(=O)[nH]c3nc(Nc4ccccc4)sc23)C1c1ccncc1. The van der Waals surface area contributed by atoms with Crippen molar-refractivity contribution in [2.24, 2.45) is 5.73 Å². The van der Waals surface area contributed by atoms with Gasteiger partial charge in [0.25, 0.3) is 5.56 Å². The van der Waals surface area contributed by atoms with Crippen molar-refractivity contribution in [2.75, 3.05) is 5.32 Å². The molecule has 0 bridgehead atoms. The van der Waals surface area contributed by atoms with Crippen LogP contribution < -0.4 is 21.3 Å². The van der Waals surface area contributed by atoms with Crippen LogP contribution in [-0.4, -0.2) is 15.0 Å². The first-order chi connectivity index (χ1) is 14.7. The molecule has 0 spiro atoms. The fourth-order valence-electron chi connectivity index (χ4n) is 3.48. The number of ether oxygens (including phenoxy) is 1. The number of fused-ring (bicyclic) bond motifs is 3. The van der Waals surface area contributed by atoms with Crippen molar-refractivity contribution in [3.05, 3.63) is 87.8 Å². The lowest BCUT2D eigenvalue weighted by Gasteiger charge is -2.25. The number of aromatic nitrogens is 3. The summed E-state index contributed by atoms with van der Waals surface area (Å²) in [6, 6.07) is 15.2. The van der Waals surface area contributed by atoms with E-state index in [1.54, 1.807) is 24.5 Å². The molecule has 1 aliphatic heterocycles. The summed E-state index contributed by atoms with van der Waals surface area (Å²) in [6.45, 7) is 0. The zero-order valence-corrected chi connectivity index (χ0v) is 16.2. The summed E-state index contributed by atoms with van der Waals surface area (Å²) in [5.74, 6) is -0.349. The molecule has 1 aromatic carbocycles. The molecule has 9 heteroatoms. The van der Waals surface area contributed by atoms with E-state index in [-0.39, 0.29) is 17.0 Å². The van der Waals surface area contributed by atoms with Gasteiger partial charge < -0.3 is 20.8 Å². The van der Waals surface area contributed by atoms with E-state index in [4.69, 9.17) is 10.5 Å². The number of nitrogens with one attached hydrogen (secondary N) is 2. The molecular formula is C21H14N6O2S. The van der Waals surface area contributed by atoms with Crippen LogP contribution in [0, 0.1) is 11.3 Å². The second-order valence-electron chi connectivity index (χ2n) is 6.59. The van der Waals surface area contributed by atoms with E-state index in [1.807, 2.05) is 30.3 Å². The summed E-state index contributed by atoms with van der Waals surface area (Å²) in [5, 5.41) is 13.5. The van der Waals surface area contributed by atoms with E-state index in [0.717, 1.165) is 11.3 Å². The number of benzene rings is 1. The molecule has 0 aliphatic carbocycles. The summed E-state index contributed by atoms with van der Waals surface area (Å²) >= 11 is 1.33. The normalized spacial score (nSPS) is 15.4. The molecule has 0 amide bonds. The lowest BCUT2D eigenvalue weighted by Crippen LogP contribution is -2.27. The molecule has 0 saturated heterocycles. The van der Waals surface area contributed by atoms with Crippen LogP contribution in [0.15, 0.2) is 71.1 Å². The van der Waals surface area contributed by atoms with Gasteiger partial charge in [-0.3, -0.25) is 9.78 Å². The van der Waals surface area contributed by atoms with Gasteiger partial charge in [0.05, 0.1) is 11.5 Å². The fraction of sp³-hybridized carbons (Fsp3) is 0.0476. The number of anilines is 2. The van der Waals surface area contributed by atoms with Crippen LogP contribution in [0.4, 0.5) is 10.8 Å². The molecule has 1 unspecified atom stereocenters. The number of hydrogen-bond acceptors (Lipinski definition) is 8. The fourth-order valence-corrected chi connectivity index (χ4v) is 4.42. The quantitative estimate of drug-likeness (QED) is 0.469. The molecule has 30 heavy (non-hydrogen) atoms. The number of nitriles is 1. The summed E-state index contributed by atoms with van der Waals surface area (Å²) in [7, 11) is 0. The number of allylic oxidation sites excluding steroid dienone is 1. The van der Waals surface area contributed by atoms with Crippen molar-refractivity contribution < 1.29 is 4.74 Å². The number of hydrogen-bond donors (Lipinski definition) is 3. The number of para-hydroxylation sites is 1. The molecule has 4 heterocycles. The Bertz CT molecular complexity index is 1390. The third-order valence-corrected chi connectivity index (χ3v) is 5.76. The van der Waals surface area contributed by atoms with Crippen molar-refractivity contribution in [3.63, 3.8) is 0 Å². The van der Waals surface area contributed by atoms with Crippen LogP contribution in [0.2, 0.25) is 0 Å². The topological polar surface area (TPSA) is 130 Å². The second kappa shape index (κ2) is 7.02. The molecule has 8 nitrogen and oxygen atoms in total. The average Bonchev–Trinajstić information content (AvgIpc) is 3.16. The number of nitrogens with zero attached hydrogens (tertiary/aromatic N) is 3. The third kappa shape index (κ3) is 2.87. The first-order valence-electron chi connectivity index (χ1n) is 9.02. The van der Waals surface area contributed by atoms with E-state index in [9.17, 15) is 10.1 Å². The van der Waals surface area contributed by atoms with Crippen molar-refractivity contribution in [1.82, 2.24) is 15.0 Å². The molecule has 1 aliphatic rings. The monoisotopic (exact) mass is 414 g/mol. The molecule has 0 saturated carbocycles. The van der Waals surface area contributed by atoms with Crippen molar-refractivity contribution in [1.29, 1.82) is 5.26 Å². The van der Waals surface area contributed by atoms with E-state index in [1.165, 1.54) is 11.3 Å². The van der Waals surface area contributed by atoms with Crippen LogP contribution in [0.5, 0.6) is 5.75 Å². The summed E-state index contributed by atoms with van der Waals surface area (Å²) in [4.78, 5) is 24.3. The molecule has 146 valence electrons. The van der Waals surface area contributed by atoms with Gasteiger partial charge in [-0.1, -0.05) is 29.5 Å². The highest BCUT2D eigenvalue weighted by atomic mass is 32.1. The predicted molar refractivity (Wildman–Crippen MR) is 113 cm³/mol. The Morgan fingerprint density at radius 3 is 2.70 bits per heavy atom. The van der Waals surface area contributed by atoms with Gasteiger partial charge in [-0.2, -0.15) is 5.26 Å².